The third-order valence-electron chi connectivity index (χ3n) is 5.11. The van der Waals surface area contributed by atoms with E-state index in [1.807, 2.05) is 24.3 Å². The van der Waals surface area contributed by atoms with Crippen LogP contribution in [0, 0.1) is 0 Å². The Hall–Kier alpha value is -2.71. The van der Waals surface area contributed by atoms with Crippen molar-refractivity contribution in [1.82, 2.24) is 14.3 Å². The minimum absolute atomic E-state index is 0.0557. The maximum atomic E-state index is 12.9. The molecule has 1 saturated heterocycles. The van der Waals surface area contributed by atoms with Gasteiger partial charge in [-0.2, -0.15) is 4.31 Å². The number of piperidine rings is 1. The quantitative estimate of drug-likeness (QED) is 0.617. The largest absolute Gasteiger partial charge is 0.497 e. The van der Waals surface area contributed by atoms with Gasteiger partial charge in [0.05, 0.1) is 13.3 Å². The average Bonchev–Trinajstić information content (AvgIpc) is 3.23. The Morgan fingerprint density at radius 2 is 2.03 bits per heavy atom. The first kappa shape index (κ1) is 19.6. The summed E-state index contributed by atoms with van der Waals surface area (Å²) in [4.78, 5) is 8.58. The molecule has 0 spiro atoms. The molecule has 3 aromatic rings. The Bertz CT molecular complexity index is 1050. The first-order chi connectivity index (χ1) is 14.1. The predicted molar refractivity (Wildman–Crippen MR) is 107 cm³/mol. The van der Waals surface area contributed by atoms with E-state index in [1.54, 1.807) is 31.6 Å². The summed E-state index contributed by atoms with van der Waals surface area (Å²) < 4.78 is 38.4. The lowest BCUT2D eigenvalue weighted by Gasteiger charge is -2.30. The normalized spacial score (nSPS) is 17.9. The van der Waals surface area contributed by atoms with Crippen LogP contribution >= 0.6 is 0 Å². The monoisotopic (exact) mass is 413 g/mol. The second-order valence-electron chi connectivity index (χ2n) is 7.08. The van der Waals surface area contributed by atoms with E-state index in [-0.39, 0.29) is 10.8 Å². The van der Waals surface area contributed by atoms with Crippen LogP contribution in [0.4, 0.5) is 0 Å². The van der Waals surface area contributed by atoms with Gasteiger partial charge in [0.15, 0.2) is 5.89 Å². The minimum atomic E-state index is -3.56. The molecule has 1 aliphatic heterocycles. The van der Waals surface area contributed by atoms with Gasteiger partial charge in [-0.25, -0.2) is 13.4 Å². The second-order valence-corrected chi connectivity index (χ2v) is 9.02. The molecule has 0 amide bonds. The van der Waals surface area contributed by atoms with Gasteiger partial charge < -0.3 is 9.15 Å². The van der Waals surface area contributed by atoms with Crippen LogP contribution in [0.1, 0.15) is 36.0 Å². The third-order valence-corrected chi connectivity index (χ3v) is 6.96. The molecule has 1 unspecified atom stereocenters. The Morgan fingerprint density at radius 3 is 2.76 bits per heavy atom. The Balaban J connectivity index is 1.46. The van der Waals surface area contributed by atoms with Crippen LogP contribution in [-0.4, -0.2) is 42.9 Å². The fourth-order valence-electron chi connectivity index (χ4n) is 3.55. The molecule has 3 heterocycles. The number of nitrogens with zero attached hydrogens (tertiary/aromatic N) is 3. The molecule has 152 valence electrons. The van der Waals surface area contributed by atoms with Gasteiger partial charge in [-0.15, -0.1) is 0 Å². The molecule has 1 atom stereocenters. The first-order valence-corrected chi connectivity index (χ1v) is 11.0. The molecule has 0 radical (unpaired) electrons. The fraction of sp³-hybridized carbons (Fsp3) is 0.333. The summed E-state index contributed by atoms with van der Waals surface area (Å²) in [6.07, 6.45) is 6.92. The van der Waals surface area contributed by atoms with E-state index in [0.29, 0.717) is 25.4 Å². The van der Waals surface area contributed by atoms with Crippen molar-refractivity contribution in [3.8, 4) is 5.75 Å². The highest BCUT2D eigenvalue weighted by Crippen LogP contribution is 2.30. The van der Waals surface area contributed by atoms with Gasteiger partial charge in [0, 0.05) is 37.8 Å². The fourth-order valence-corrected chi connectivity index (χ4v) is 5.04. The maximum absolute atomic E-state index is 12.9. The molecule has 1 fully saturated rings. The van der Waals surface area contributed by atoms with E-state index >= 15 is 0 Å². The zero-order valence-corrected chi connectivity index (χ0v) is 17.0. The van der Waals surface area contributed by atoms with Gasteiger partial charge in [0.1, 0.15) is 16.4 Å². The number of benzene rings is 1. The number of sulfonamides is 1. The lowest BCUT2D eigenvalue weighted by atomic mass is 10.00. The number of rotatable bonds is 6. The number of hydrogen-bond donors (Lipinski definition) is 0. The number of aromatic nitrogens is 2. The number of oxazole rings is 1. The number of methoxy groups -OCH3 is 1. The van der Waals surface area contributed by atoms with E-state index in [9.17, 15) is 8.42 Å². The molecule has 2 aromatic heterocycles. The summed E-state index contributed by atoms with van der Waals surface area (Å²) in [5.74, 6) is 2.11. The first-order valence-electron chi connectivity index (χ1n) is 9.54. The molecule has 0 bridgehead atoms. The topological polar surface area (TPSA) is 85.5 Å². The smallest absolute Gasteiger partial charge is 0.244 e. The van der Waals surface area contributed by atoms with E-state index < -0.39 is 10.0 Å². The number of ether oxygens (including phenoxy) is 1. The van der Waals surface area contributed by atoms with Crippen LogP contribution in [-0.2, 0) is 16.4 Å². The van der Waals surface area contributed by atoms with Crippen molar-refractivity contribution in [3.63, 3.8) is 0 Å². The van der Waals surface area contributed by atoms with Crippen molar-refractivity contribution in [2.75, 3.05) is 20.2 Å². The summed E-state index contributed by atoms with van der Waals surface area (Å²) in [6, 6.07) is 11.0. The Morgan fingerprint density at radius 1 is 1.21 bits per heavy atom. The minimum Gasteiger partial charge on any atom is -0.497 e. The summed E-state index contributed by atoms with van der Waals surface area (Å²) in [6.45, 7) is 0.854. The maximum Gasteiger partial charge on any atom is 0.244 e. The molecule has 0 saturated carbocycles. The lowest BCUT2D eigenvalue weighted by molar-refractivity contribution is 0.281. The van der Waals surface area contributed by atoms with Crippen molar-refractivity contribution in [3.05, 3.63) is 72.2 Å². The zero-order chi connectivity index (χ0) is 20.3. The molecular formula is C21H23N3O4S. The molecular weight excluding hydrogens is 390 g/mol. The third kappa shape index (κ3) is 4.33. The lowest BCUT2D eigenvalue weighted by Crippen LogP contribution is -2.39. The standard InChI is InChI=1S/C21H23N3O4S/c1-27-18-8-6-16(7-9-18)12-19-13-23-21(28-19)17-4-3-11-24(15-17)29(25,26)20-5-2-10-22-14-20/h2,5-10,13-14,17H,3-4,11-12,15H2,1H3. The van der Waals surface area contributed by atoms with Crippen LogP contribution in [0.15, 0.2) is 64.3 Å². The molecule has 0 N–H and O–H groups in total. The Kier molecular flexibility index (Phi) is 5.64. The van der Waals surface area contributed by atoms with Gasteiger partial charge >= 0.3 is 0 Å². The molecule has 4 rings (SSSR count). The van der Waals surface area contributed by atoms with Crippen molar-refractivity contribution in [2.24, 2.45) is 0 Å². The average molecular weight is 413 g/mol. The van der Waals surface area contributed by atoms with Crippen LogP contribution in [0.25, 0.3) is 0 Å². The molecule has 29 heavy (non-hydrogen) atoms. The van der Waals surface area contributed by atoms with Crippen molar-refractivity contribution in [1.29, 1.82) is 0 Å². The molecule has 7 nitrogen and oxygen atoms in total. The highest BCUT2D eigenvalue weighted by Gasteiger charge is 2.33. The molecule has 8 heteroatoms. The van der Waals surface area contributed by atoms with Gasteiger partial charge in [0.25, 0.3) is 0 Å². The molecule has 1 aromatic carbocycles. The van der Waals surface area contributed by atoms with E-state index in [0.717, 1.165) is 29.9 Å². The van der Waals surface area contributed by atoms with E-state index in [1.165, 1.54) is 10.5 Å². The van der Waals surface area contributed by atoms with E-state index in [2.05, 4.69) is 9.97 Å². The molecule has 0 aliphatic carbocycles. The van der Waals surface area contributed by atoms with E-state index in [4.69, 9.17) is 9.15 Å². The summed E-state index contributed by atoms with van der Waals surface area (Å²) >= 11 is 0. The highest BCUT2D eigenvalue weighted by atomic mass is 32.2. The zero-order valence-electron chi connectivity index (χ0n) is 16.2. The van der Waals surface area contributed by atoms with Crippen molar-refractivity contribution >= 4 is 10.0 Å². The van der Waals surface area contributed by atoms with Gasteiger partial charge in [0.2, 0.25) is 10.0 Å². The van der Waals surface area contributed by atoms with Crippen LogP contribution < -0.4 is 4.74 Å². The predicted octanol–water partition coefficient (Wildman–Crippen LogP) is 3.24. The van der Waals surface area contributed by atoms with Crippen molar-refractivity contribution < 1.29 is 17.6 Å². The Labute approximate surface area is 170 Å². The summed E-state index contributed by atoms with van der Waals surface area (Å²) in [7, 11) is -1.92. The number of hydrogen-bond acceptors (Lipinski definition) is 6. The van der Waals surface area contributed by atoms with Crippen LogP contribution in [0.2, 0.25) is 0 Å². The van der Waals surface area contributed by atoms with Gasteiger partial charge in [-0.05, 0) is 42.7 Å². The SMILES string of the molecule is COc1ccc(Cc2cnc(C3CCCN(S(=O)(=O)c4cccnc4)C3)o2)cc1. The van der Waals surface area contributed by atoms with Gasteiger partial charge in [-0.3, -0.25) is 4.98 Å². The second kappa shape index (κ2) is 8.34. The molecule has 1 aliphatic rings. The van der Waals surface area contributed by atoms with Crippen LogP contribution in [0.3, 0.4) is 0 Å². The van der Waals surface area contributed by atoms with Crippen molar-refractivity contribution in [2.45, 2.75) is 30.1 Å². The van der Waals surface area contributed by atoms with Crippen LogP contribution in [0.5, 0.6) is 5.75 Å². The summed E-state index contributed by atoms with van der Waals surface area (Å²) in [5, 5.41) is 0. The van der Waals surface area contributed by atoms with Gasteiger partial charge in [-0.1, -0.05) is 12.1 Å². The summed E-state index contributed by atoms with van der Waals surface area (Å²) in [5.41, 5.74) is 1.10. The highest BCUT2D eigenvalue weighted by molar-refractivity contribution is 7.89. The number of pyridine rings is 1.